The molecule has 1 saturated heterocycles. The van der Waals surface area contributed by atoms with E-state index in [0.29, 0.717) is 34.9 Å². The molecule has 0 bridgehead atoms. The van der Waals surface area contributed by atoms with Gasteiger partial charge in [0.05, 0.1) is 16.5 Å². The van der Waals surface area contributed by atoms with Gasteiger partial charge in [0.25, 0.3) is 0 Å². The van der Waals surface area contributed by atoms with E-state index < -0.39 is 0 Å². The Morgan fingerprint density at radius 1 is 1.32 bits per heavy atom. The fourth-order valence-electron chi connectivity index (χ4n) is 4.39. The maximum absolute atomic E-state index is 13.3. The Morgan fingerprint density at radius 2 is 2.11 bits per heavy atom. The van der Waals surface area contributed by atoms with Crippen molar-refractivity contribution in [3.8, 4) is 12.1 Å². The van der Waals surface area contributed by atoms with Crippen LogP contribution in [0.1, 0.15) is 28.0 Å². The third-order valence-electron chi connectivity index (χ3n) is 5.53. The number of nitrogens with zero attached hydrogens (tertiary/aromatic N) is 6. The van der Waals surface area contributed by atoms with Crippen molar-refractivity contribution in [2.75, 3.05) is 23.7 Å². The quantitative estimate of drug-likeness (QED) is 0.618. The van der Waals surface area contributed by atoms with Gasteiger partial charge in [-0.3, -0.25) is 0 Å². The molecule has 0 saturated carbocycles. The zero-order chi connectivity index (χ0) is 19.6. The maximum atomic E-state index is 13.3. The summed E-state index contributed by atoms with van der Waals surface area (Å²) in [5.74, 6) is 0.514. The maximum Gasteiger partial charge on any atom is 0.226 e. The van der Waals surface area contributed by atoms with E-state index in [4.69, 9.17) is 17.3 Å². The Labute approximate surface area is 172 Å². The SMILES string of the molecule is N#Cc1c(N)sc2c1C1(CC2)CN(c2nc(Cl)nc3c2c(C#N)cn3SF)C1. The Hall–Kier alpha value is -2.53. The minimum Gasteiger partial charge on any atom is -0.389 e. The number of hydrogen-bond donors (Lipinski definition) is 1. The molecular formula is C17H11ClFN7S2. The van der Waals surface area contributed by atoms with Gasteiger partial charge >= 0.3 is 0 Å². The van der Waals surface area contributed by atoms with Gasteiger partial charge < -0.3 is 10.6 Å². The largest absolute Gasteiger partial charge is 0.389 e. The molecule has 0 unspecified atom stereocenters. The second-order valence-corrected chi connectivity index (χ2v) is 8.96. The van der Waals surface area contributed by atoms with Crippen LogP contribution in [0.25, 0.3) is 11.0 Å². The number of hydrogen-bond acceptors (Lipinski definition) is 8. The van der Waals surface area contributed by atoms with Crippen LogP contribution in [-0.4, -0.2) is 27.0 Å². The topological polar surface area (TPSA) is 108 Å². The Kier molecular flexibility index (Phi) is 3.75. The van der Waals surface area contributed by atoms with E-state index in [-0.39, 0.29) is 34.2 Å². The van der Waals surface area contributed by atoms with E-state index in [1.807, 2.05) is 4.90 Å². The summed E-state index contributed by atoms with van der Waals surface area (Å²) in [7, 11) is 0. The fraction of sp³-hybridized carbons (Fsp3) is 0.294. The second-order valence-electron chi connectivity index (χ2n) is 6.95. The number of halogens is 2. The minimum atomic E-state index is -0.150. The lowest BCUT2D eigenvalue weighted by atomic mass is 9.74. The first-order valence-corrected chi connectivity index (χ1v) is 10.2. The zero-order valence-electron chi connectivity index (χ0n) is 14.2. The molecule has 1 fully saturated rings. The second kappa shape index (κ2) is 5.98. The predicted molar refractivity (Wildman–Crippen MR) is 107 cm³/mol. The van der Waals surface area contributed by atoms with Crippen LogP contribution in [0, 0.1) is 22.7 Å². The van der Waals surface area contributed by atoms with Crippen LogP contribution in [0.5, 0.6) is 0 Å². The van der Waals surface area contributed by atoms with E-state index in [2.05, 4.69) is 22.1 Å². The van der Waals surface area contributed by atoms with Gasteiger partial charge in [-0.15, -0.1) is 15.2 Å². The average molecular weight is 432 g/mol. The van der Waals surface area contributed by atoms with Crippen molar-refractivity contribution in [3.63, 3.8) is 0 Å². The number of rotatable bonds is 2. The highest BCUT2D eigenvalue weighted by atomic mass is 35.5. The molecule has 2 aliphatic rings. The summed E-state index contributed by atoms with van der Waals surface area (Å²) in [6.45, 7) is 1.26. The standard InChI is InChI=1S/C17H11ClFN7S2/c18-16-23-14(11-8(3-20)5-26(28-19)15(11)24-16)25-6-17(7-25)2-1-10-12(17)9(4-21)13(22)27-10/h5H,1-2,6-7,22H2. The molecule has 2 N–H and O–H groups in total. The molecule has 28 heavy (non-hydrogen) atoms. The number of anilines is 2. The van der Waals surface area contributed by atoms with E-state index in [1.165, 1.54) is 26.4 Å². The van der Waals surface area contributed by atoms with Gasteiger partial charge in [0.2, 0.25) is 5.28 Å². The molecule has 140 valence electrons. The van der Waals surface area contributed by atoms with Crippen molar-refractivity contribution in [3.05, 3.63) is 33.0 Å². The van der Waals surface area contributed by atoms with Gasteiger partial charge in [-0.25, -0.2) is 3.97 Å². The van der Waals surface area contributed by atoms with E-state index >= 15 is 0 Å². The lowest BCUT2D eigenvalue weighted by molar-refractivity contribution is 0.327. The van der Waals surface area contributed by atoms with Crippen LogP contribution < -0.4 is 10.6 Å². The number of nitrogens with two attached hydrogens (primary N) is 1. The molecular weight excluding hydrogens is 421 g/mol. The van der Waals surface area contributed by atoms with Gasteiger partial charge in [0.1, 0.15) is 23.0 Å². The molecule has 1 aliphatic carbocycles. The molecule has 0 atom stereocenters. The molecule has 0 amide bonds. The molecule has 1 aliphatic heterocycles. The minimum absolute atomic E-state index is 0.00839. The molecule has 0 aromatic carbocycles. The molecule has 3 aromatic heterocycles. The van der Waals surface area contributed by atoms with Crippen molar-refractivity contribution in [2.24, 2.45) is 0 Å². The Morgan fingerprint density at radius 3 is 2.79 bits per heavy atom. The summed E-state index contributed by atoms with van der Waals surface area (Å²) in [6, 6.07) is 4.33. The highest BCUT2D eigenvalue weighted by Gasteiger charge is 2.52. The molecule has 1 spiro atoms. The van der Waals surface area contributed by atoms with Crippen molar-refractivity contribution in [1.29, 1.82) is 10.5 Å². The summed E-state index contributed by atoms with van der Waals surface area (Å²) in [4.78, 5) is 11.6. The van der Waals surface area contributed by atoms with Crippen LogP contribution in [-0.2, 0) is 11.8 Å². The number of thiophene rings is 1. The third kappa shape index (κ3) is 2.20. The number of aryl methyl sites for hydroxylation is 1. The van der Waals surface area contributed by atoms with Gasteiger partial charge in [0.15, 0.2) is 18.0 Å². The summed E-state index contributed by atoms with van der Waals surface area (Å²) in [5.41, 5.74) is 8.07. The van der Waals surface area contributed by atoms with Gasteiger partial charge in [-0.05, 0) is 30.0 Å². The van der Waals surface area contributed by atoms with Crippen molar-refractivity contribution < 1.29 is 3.89 Å². The normalized spacial score (nSPS) is 16.8. The summed E-state index contributed by atoms with van der Waals surface area (Å²) >= 11 is 7.53. The molecule has 3 aromatic rings. The van der Waals surface area contributed by atoms with E-state index in [0.717, 1.165) is 18.4 Å². The predicted octanol–water partition coefficient (Wildman–Crippen LogP) is 3.56. The first-order valence-electron chi connectivity index (χ1n) is 8.36. The fourth-order valence-corrected chi connectivity index (χ4v) is 6.04. The first-order chi connectivity index (χ1) is 13.5. The van der Waals surface area contributed by atoms with Crippen molar-refractivity contribution in [1.82, 2.24) is 13.9 Å². The van der Waals surface area contributed by atoms with Crippen LogP contribution in [0.15, 0.2) is 6.20 Å². The van der Waals surface area contributed by atoms with Crippen molar-refractivity contribution in [2.45, 2.75) is 18.3 Å². The Bertz CT molecular complexity index is 1230. The monoisotopic (exact) mass is 431 g/mol. The van der Waals surface area contributed by atoms with Gasteiger partial charge in [-0.1, -0.05) is 0 Å². The molecule has 11 heteroatoms. The van der Waals surface area contributed by atoms with Crippen LogP contribution >= 0.6 is 35.3 Å². The average Bonchev–Trinajstić information content (AvgIpc) is 3.29. The number of nitriles is 2. The number of nitrogen functional groups attached to an aromatic ring is 1. The first kappa shape index (κ1) is 17.6. The van der Waals surface area contributed by atoms with Crippen LogP contribution in [0.3, 0.4) is 0 Å². The van der Waals surface area contributed by atoms with Gasteiger partial charge in [-0.2, -0.15) is 20.5 Å². The van der Waals surface area contributed by atoms with Gasteiger partial charge in [0, 0.05) is 29.6 Å². The number of fused-ring (bicyclic) bond motifs is 3. The molecule has 5 rings (SSSR count). The lowest BCUT2D eigenvalue weighted by Crippen LogP contribution is -2.59. The van der Waals surface area contributed by atoms with Crippen LogP contribution in [0.4, 0.5) is 14.7 Å². The number of aromatic nitrogens is 3. The summed E-state index contributed by atoms with van der Waals surface area (Å²) < 4.78 is 14.4. The third-order valence-corrected chi connectivity index (χ3v) is 7.21. The molecule has 0 radical (unpaired) electrons. The molecule has 4 heterocycles. The smallest absolute Gasteiger partial charge is 0.226 e. The lowest BCUT2D eigenvalue weighted by Gasteiger charge is -2.49. The molecule has 7 nitrogen and oxygen atoms in total. The van der Waals surface area contributed by atoms with Crippen LogP contribution in [0.2, 0.25) is 5.28 Å². The van der Waals surface area contributed by atoms with E-state index in [1.54, 1.807) is 0 Å². The Balaban J connectivity index is 1.59. The highest BCUT2D eigenvalue weighted by Crippen LogP contribution is 2.53. The zero-order valence-corrected chi connectivity index (χ0v) is 16.6. The highest BCUT2D eigenvalue weighted by molar-refractivity contribution is 7.92. The van der Waals surface area contributed by atoms with E-state index in [9.17, 15) is 14.4 Å². The summed E-state index contributed by atoms with van der Waals surface area (Å²) in [6.07, 6.45) is 3.23. The van der Waals surface area contributed by atoms with Crippen molar-refractivity contribution >= 4 is 57.1 Å². The summed E-state index contributed by atoms with van der Waals surface area (Å²) in [5, 5.41) is 20.0.